The van der Waals surface area contributed by atoms with Crippen molar-refractivity contribution in [3.8, 4) is 0 Å². The minimum absolute atomic E-state index is 0.581. The summed E-state index contributed by atoms with van der Waals surface area (Å²) in [7, 11) is 0. The van der Waals surface area contributed by atoms with Gasteiger partial charge in [0.05, 0.1) is 10.7 Å². The molecule has 0 spiro atoms. The van der Waals surface area contributed by atoms with E-state index in [-0.39, 0.29) is 0 Å². The fraction of sp³-hybridized carbons (Fsp3) is 0. The highest BCUT2D eigenvalue weighted by molar-refractivity contribution is 6.33. The lowest BCUT2D eigenvalue weighted by molar-refractivity contribution is 1.64. The van der Waals surface area contributed by atoms with Crippen LogP contribution in [-0.2, 0) is 0 Å². The van der Waals surface area contributed by atoms with Crippen LogP contribution < -0.4 is 5.73 Å². The fourth-order valence-electron chi connectivity index (χ4n) is 0.732. The molecule has 52 valence electrons. The van der Waals surface area contributed by atoms with Gasteiger partial charge in [0.2, 0.25) is 0 Å². The Morgan fingerprint density at radius 2 is 2.20 bits per heavy atom. The van der Waals surface area contributed by atoms with E-state index < -0.39 is 0 Å². The van der Waals surface area contributed by atoms with Gasteiger partial charge in [-0.1, -0.05) is 36.4 Å². The van der Waals surface area contributed by atoms with Crippen LogP contribution in [0.15, 0.2) is 24.8 Å². The van der Waals surface area contributed by atoms with E-state index in [1.54, 1.807) is 12.1 Å². The largest absolute Gasteiger partial charge is 0.397 e. The first-order valence-corrected chi connectivity index (χ1v) is 3.30. The molecule has 0 saturated carbocycles. The van der Waals surface area contributed by atoms with Crippen molar-refractivity contribution in [3.05, 3.63) is 35.4 Å². The molecule has 0 aliphatic heterocycles. The molecule has 10 heavy (non-hydrogen) atoms. The van der Waals surface area contributed by atoms with E-state index in [0.29, 0.717) is 10.7 Å². The maximum atomic E-state index is 5.72. The van der Waals surface area contributed by atoms with Crippen molar-refractivity contribution in [2.45, 2.75) is 0 Å². The second kappa shape index (κ2) is 2.76. The first kappa shape index (κ1) is 7.16. The van der Waals surface area contributed by atoms with Crippen molar-refractivity contribution in [1.82, 2.24) is 0 Å². The zero-order chi connectivity index (χ0) is 7.56. The van der Waals surface area contributed by atoms with Gasteiger partial charge in [-0.15, -0.1) is 0 Å². The van der Waals surface area contributed by atoms with Gasteiger partial charge in [-0.05, 0) is 11.6 Å². The Kier molecular flexibility index (Phi) is 1.97. The summed E-state index contributed by atoms with van der Waals surface area (Å²) in [4.78, 5) is 0. The van der Waals surface area contributed by atoms with E-state index in [2.05, 4.69) is 6.58 Å². The number of para-hydroxylation sites is 1. The Hall–Kier alpha value is -0.950. The average Bonchev–Trinajstić information content (AvgIpc) is 1.95. The lowest BCUT2D eigenvalue weighted by Crippen LogP contribution is -1.88. The highest BCUT2D eigenvalue weighted by atomic mass is 35.5. The molecule has 0 atom stereocenters. The Bertz CT molecular complexity index is 255. The fourth-order valence-corrected chi connectivity index (χ4v) is 0.914. The van der Waals surface area contributed by atoms with Crippen molar-refractivity contribution < 1.29 is 0 Å². The minimum Gasteiger partial charge on any atom is -0.397 e. The summed E-state index contributed by atoms with van der Waals surface area (Å²) in [6.07, 6.45) is 1.68. The first-order valence-electron chi connectivity index (χ1n) is 2.92. The van der Waals surface area contributed by atoms with Crippen molar-refractivity contribution >= 4 is 23.4 Å². The van der Waals surface area contributed by atoms with Gasteiger partial charge < -0.3 is 5.73 Å². The molecule has 1 nitrogen and oxygen atoms in total. The molecule has 0 aliphatic rings. The summed E-state index contributed by atoms with van der Waals surface area (Å²) in [6.45, 7) is 3.59. The van der Waals surface area contributed by atoms with Crippen LogP contribution in [0.4, 0.5) is 5.69 Å². The highest BCUT2D eigenvalue weighted by Crippen LogP contribution is 2.22. The van der Waals surface area contributed by atoms with E-state index in [4.69, 9.17) is 17.3 Å². The van der Waals surface area contributed by atoms with Crippen molar-refractivity contribution in [2.24, 2.45) is 0 Å². The van der Waals surface area contributed by atoms with Crippen LogP contribution in [0.2, 0.25) is 5.02 Å². The van der Waals surface area contributed by atoms with Gasteiger partial charge in [-0.3, -0.25) is 0 Å². The van der Waals surface area contributed by atoms with Crippen LogP contribution in [0.25, 0.3) is 6.08 Å². The molecule has 0 saturated heterocycles. The summed E-state index contributed by atoms with van der Waals surface area (Å²) in [5, 5.41) is 0.581. The van der Waals surface area contributed by atoms with Gasteiger partial charge in [-0.25, -0.2) is 0 Å². The molecule has 0 radical (unpaired) electrons. The third-order valence-electron chi connectivity index (χ3n) is 1.31. The van der Waals surface area contributed by atoms with Crippen LogP contribution in [0.3, 0.4) is 0 Å². The molecule has 0 heterocycles. The SMILES string of the molecule is C=Cc1cccc(Cl)c1N. The third kappa shape index (κ3) is 1.14. The Balaban J connectivity index is 3.27. The number of anilines is 1. The van der Waals surface area contributed by atoms with E-state index in [1.807, 2.05) is 12.1 Å². The zero-order valence-corrected chi connectivity index (χ0v) is 6.23. The molecule has 1 aromatic rings. The first-order chi connectivity index (χ1) is 4.75. The number of halogens is 1. The van der Waals surface area contributed by atoms with Crippen LogP contribution in [-0.4, -0.2) is 0 Å². The number of rotatable bonds is 1. The summed E-state index contributed by atoms with van der Waals surface area (Å²) in [5.74, 6) is 0. The summed E-state index contributed by atoms with van der Waals surface area (Å²) in [5.41, 5.74) is 7.07. The molecule has 0 fully saturated rings. The maximum absolute atomic E-state index is 5.72. The van der Waals surface area contributed by atoms with Gasteiger partial charge in [0, 0.05) is 0 Å². The van der Waals surface area contributed by atoms with Crippen molar-refractivity contribution in [3.63, 3.8) is 0 Å². The summed E-state index contributed by atoms with van der Waals surface area (Å²) < 4.78 is 0. The molecule has 0 aliphatic carbocycles. The van der Waals surface area contributed by atoms with Crippen LogP contribution in [0.5, 0.6) is 0 Å². The smallest absolute Gasteiger partial charge is 0.0641 e. The average molecular weight is 154 g/mol. The predicted molar refractivity (Wildman–Crippen MR) is 46.0 cm³/mol. The number of nitrogens with two attached hydrogens (primary N) is 1. The predicted octanol–water partition coefficient (Wildman–Crippen LogP) is 2.57. The second-order valence-corrected chi connectivity index (χ2v) is 2.35. The molecule has 1 aromatic carbocycles. The normalized spacial score (nSPS) is 9.30. The Labute approximate surface area is 65.1 Å². The standard InChI is InChI=1S/C8H8ClN/c1-2-6-4-3-5-7(9)8(6)10/h2-5H,1,10H2. The van der Waals surface area contributed by atoms with Crippen LogP contribution >= 0.6 is 11.6 Å². The molecule has 2 N–H and O–H groups in total. The molecule has 0 unspecified atom stereocenters. The summed E-state index contributed by atoms with van der Waals surface area (Å²) >= 11 is 5.72. The second-order valence-electron chi connectivity index (χ2n) is 1.95. The van der Waals surface area contributed by atoms with Gasteiger partial charge in [0.25, 0.3) is 0 Å². The quantitative estimate of drug-likeness (QED) is 0.617. The molecule has 0 bridgehead atoms. The van der Waals surface area contributed by atoms with Gasteiger partial charge >= 0.3 is 0 Å². The lowest BCUT2D eigenvalue weighted by Gasteiger charge is -1.99. The van der Waals surface area contributed by atoms with Gasteiger partial charge in [0.1, 0.15) is 0 Å². The van der Waals surface area contributed by atoms with Gasteiger partial charge in [-0.2, -0.15) is 0 Å². The van der Waals surface area contributed by atoms with Crippen molar-refractivity contribution in [2.75, 3.05) is 5.73 Å². The van der Waals surface area contributed by atoms with E-state index >= 15 is 0 Å². The van der Waals surface area contributed by atoms with E-state index in [9.17, 15) is 0 Å². The molecule has 1 rings (SSSR count). The Morgan fingerprint density at radius 1 is 1.50 bits per heavy atom. The Morgan fingerprint density at radius 3 is 2.70 bits per heavy atom. The van der Waals surface area contributed by atoms with E-state index in [0.717, 1.165) is 5.56 Å². The number of benzene rings is 1. The molecule has 2 heteroatoms. The minimum atomic E-state index is 0.581. The molecular formula is C8H8ClN. The number of nitrogen functional groups attached to an aromatic ring is 1. The number of hydrogen-bond donors (Lipinski definition) is 1. The topological polar surface area (TPSA) is 26.0 Å². The van der Waals surface area contributed by atoms with Crippen molar-refractivity contribution in [1.29, 1.82) is 0 Å². The number of hydrogen-bond acceptors (Lipinski definition) is 1. The van der Waals surface area contributed by atoms with Crippen LogP contribution in [0.1, 0.15) is 5.56 Å². The monoisotopic (exact) mass is 153 g/mol. The maximum Gasteiger partial charge on any atom is 0.0641 e. The highest BCUT2D eigenvalue weighted by Gasteiger charge is 1.96. The molecule has 0 amide bonds. The lowest BCUT2D eigenvalue weighted by atomic mass is 10.2. The van der Waals surface area contributed by atoms with Gasteiger partial charge in [0.15, 0.2) is 0 Å². The molecule has 0 aromatic heterocycles. The zero-order valence-electron chi connectivity index (χ0n) is 5.47. The van der Waals surface area contributed by atoms with E-state index in [1.165, 1.54) is 0 Å². The molecular weight excluding hydrogens is 146 g/mol. The summed E-state index contributed by atoms with van der Waals surface area (Å²) in [6, 6.07) is 5.47. The third-order valence-corrected chi connectivity index (χ3v) is 1.64. The van der Waals surface area contributed by atoms with Crippen LogP contribution in [0, 0.1) is 0 Å².